The molecular formula is C21H21N3O3. The van der Waals surface area contributed by atoms with E-state index in [-0.39, 0.29) is 17.2 Å². The molecule has 0 aliphatic rings. The maximum absolute atomic E-state index is 12.4. The maximum Gasteiger partial charge on any atom is 0.271 e. The molecule has 0 unspecified atom stereocenters. The van der Waals surface area contributed by atoms with Gasteiger partial charge < -0.3 is 10.1 Å². The number of nitrogens with zero attached hydrogens (tertiary/aromatic N) is 2. The zero-order valence-electron chi connectivity index (χ0n) is 15.1. The lowest BCUT2D eigenvalue weighted by Gasteiger charge is -2.08. The second kappa shape index (κ2) is 8.80. The molecule has 1 heterocycles. The third-order valence-corrected chi connectivity index (χ3v) is 4.11. The van der Waals surface area contributed by atoms with Gasteiger partial charge in [-0.15, -0.1) is 0 Å². The third-order valence-electron chi connectivity index (χ3n) is 4.11. The molecule has 3 aromatic rings. The van der Waals surface area contributed by atoms with Gasteiger partial charge in [-0.25, -0.2) is 4.68 Å². The quantitative estimate of drug-likeness (QED) is 0.699. The summed E-state index contributed by atoms with van der Waals surface area (Å²) >= 11 is 0. The number of carbonyl (C=O) groups excluding carboxylic acids is 1. The summed E-state index contributed by atoms with van der Waals surface area (Å²) < 4.78 is 6.49. The van der Waals surface area contributed by atoms with Crippen LogP contribution in [0.2, 0.25) is 0 Å². The third kappa shape index (κ3) is 5.04. The largest absolute Gasteiger partial charge is 0.497 e. The minimum absolute atomic E-state index is 0.219. The van der Waals surface area contributed by atoms with Crippen molar-refractivity contribution < 1.29 is 9.53 Å². The zero-order valence-corrected chi connectivity index (χ0v) is 15.1. The van der Waals surface area contributed by atoms with Crippen molar-refractivity contribution in [2.45, 2.75) is 13.0 Å². The van der Waals surface area contributed by atoms with Crippen molar-refractivity contribution in [1.82, 2.24) is 15.1 Å². The van der Waals surface area contributed by atoms with E-state index in [4.69, 9.17) is 4.74 Å². The number of aromatic nitrogens is 2. The summed E-state index contributed by atoms with van der Waals surface area (Å²) in [4.78, 5) is 24.4. The Labute approximate surface area is 157 Å². The Morgan fingerprint density at radius 3 is 2.59 bits per heavy atom. The normalized spacial score (nSPS) is 10.4. The fourth-order valence-corrected chi connectivity index (χ4v) is 2.68. The Morgan fingerprint density at radius 1 is 1.04 bits per heavy atom. The van der Waals surface area contributed by atoms with Crippen molar-refractivity contribution in [1.29, 1.82) is 0 Å². The lowest BCUT2D eigenvalue weighted by molar-refractivity contribution is 0.0946. The smallest absolute Gasteiger partial charge is 0.271 e. The van der Waals surface area contributed by atoms with Crippen molar-refractivity contribution in [2.75, 3.05) is 13.7 Å². The predicted molar refractivity (Wildman–Crippen MR) is 103 cm³/mol. The molecule has 0 saturated heterocycles. The molecule has 0 bridgehead atoms. The molecule has 138 valence electrons. The zero-order chi connectivity index (χ0) is 19.1. The van der Waals surface area contributed by atoms with Gasteiger partial charge in [0.25, 0.3) is 11.5 Å². The van der Waals surface area contributed by atoms with E-state index in [0.29, 0.717) is 19.5 Å². The molecule has 0 aliphatic heterocycles. The highest BCUT2D eigenvalue weighted by molar-refractivity contribution is 5.91. The highest BCUT2D eigenvalue weighted by Crippen LogP contribution is 2.12. The highest BCUT2D eigenvalue weighted by Gasteiger charge is 2.09. The van der Waals surface area contributed by atoms with Crippen LogP contribution in [0.15, 0.2) is 71.5 Å². The van der Waals surface area contributed by atoms with Crippen molar-refractivity contribution >= 4 is 5.91 Å². The summed E-state index contributed by atoms with van der Waals surface area (Å²) in [5.74, 6) is 0.480. The minimum atomic E-state index is -0.306. The second-order valence-electron chi connectivity index (χ2n) is 6.06. The fourth-order valence-electron chi connectivity index (χ4n) is 2.68. The van der Waals surface area contributed by atoms with E-state index in [1.807, 2.05) is 54.6 Å². The molecule has 0 saturated carbocycles. The van der Waals surface area contributed by atoms with E-state index in [0.717, 1.165) is 16.9 Å². The summed E-state index contributed by atoms with van der Waals surface area (Å²) in [6.07, 6.45) is 0.673. The Morgan fingerprint density at radius 2 is 1.81 bits per heavy atom. The van der Waals surface area contributed by atoms with E-state index >= 15 is 0 Å². The van der Waals surface area contributed by atoms with E-state index < -0.39 is 0 Å². The Hall–Kier alpha value is -3.41. The van der Waals surface area contributed by atoms with Crippen LogP contribution in [0.25, 0.3) is 0 Å². The number of benzene rings is 2. The van der Waals surface area contributed by atoms with Crippen LogP contribution in [0.1, 0.15) is 21.6 Å². The van der Waals surface area contributed by atoms with Crippen LogP contribution in [-0.2, 0) is 13.0 Å². The number of carbonyl (C=O) groups is 1. The van der Waals surface area contributed by atoms with Gasteiger partial charge in [-0.2, -0.15) is 5.10 Å². The molecular weight excluding hydrogens is 342 g/mol. The number of nitrogens with one attached hydrogen (secondary N) is 1. The monoisotopic (exact) mass is 363 g/mol. The van der Waals surface area contributed by atoms with E-state index in [9.17, 15) is 9.59 Å². The Bertz CT molecular complexity index is 968. The van der Waals surface area contributed by atoms with E-state index in [1.165, 1.54) is 16.8 Å². The molecule has 0 radical (unpaired) electrons. The van der Waals surface area contributed by atoms with Gasteiger partial charge in [-0.05, 0) is 35.7 Å². The molecule has 1 amide bonds. The Balaban J connectivity index is 1.62. The molecule has 0 atom stereocenters. The summed E-state index contributed by atoms with van der Waals surface area (Å²) in [7, 11) is 1.62. The maximum atomic E-state index is 12.4. The van der Waals surface area contributed by atoms with Gasteiger partial charge in [-0.3, -0.25) is 9.59 Å². The Kier molecular flexibility index (Phi) is 5.99. The molecule has 2 aromatic carbocycles. The van der Waals surface area contributed by atoms with Crippen LogP contribution in [0.5, 0.6) is 5.75 Å². The van der Waals surface area contributed by atoms with Crippen molar-refractivity contribution in [2.24, 2.45) is 0 Å². The summed E-state index contributed by atoms with van der Waals surface area (Å²) in [6.45, 7) is 0.788. The van der Waals surface area contributed by atoms with E-state index in [2.05, 4.69) is 10.4 Å². The SMILES string of the molecule is COc1cccc(CCNC(=O)c2ccc(=O)n(Cc3ccccc3)n2)c1. The van der Waals surface area contributed by atoms with Gasteiger partial charge in [-0.1, -0.05) is 42.5 Å². The molecule has 6 nitrogen and oxygen atoms in total. The first kappa shape index (κ1) is 18.4. The average Bonchev–Trinajstić information content (AvgIpc) is 2.70. The number of hydrogen-bond acceptors (Lipinski definition) is 4. The number of hydrogen-bond donors (Lipinski definition) is 1. The average molecular weight is 363 g/mol. The number of rotatable bonds is 7. The van der Waals surface area contributed by atoms with Gasteiger partial charge in [0.1, 0.15) is 11.4 Å². The molecule has 3 rings (SSSR count). The molecule has 27 heavy (non-hydrogen) atoms. The lowest BCUT2D eigenvalue weighted by atomic mass is 10.1. The van der Waals surface area contributed by atoms with Crippen molar-refractivity contribution in [3.63, 3.8) is 0 Å². The molecule has 0 spiro atoms. The van der Waals surface area contributed by atoms with E-state index in [1.54, 1.807) is 7.11 Å². The first-order valence-electron chi connectivity index (χ1n) is 8.69. The first-order valence-corrected chi connectivity index (χ1v) is 8.69. The first-order chi connectivity index (χ1) is 13.2. The molecule has 1 N–H and O–H groups in total. The van der Waals surface area contributed by atoms with Crippen LogP contribution in [0.3, 0.4) is 0 Å². The molecule has 0 aliphatic carbocycles. The standard InChI is InChI=1S/C21H21N3O3/c1-27-18-9-5-8-16(14-18)12-13-22-21(26)19-10-11-20(25)24(23-19)15-17-6-3-2-4-7-17/h2-11,14H,12-13,15H2,1H3,(H,22,26). The summed E-state index contributed by atoms with van der Waals surface area (Å²) in [5.41, 5.74) is 1.99. The van der Waals surface area contributed by atoms with Gasteiger partial charge in [0.05, 0.1) is 13.7 Å². The van der Waals surface area contributed by atoms with Gasteiger partial charge in [0.2, 0.25) is 0 Å². The second-order valence-corrected chi connectivity index (χ2v) is 6.06. The summed E-state index contributed by atoms with van der Waals surface area (Å²) in [6, 6.07) is 20.1. The molecule has 0 fully saturated rings. The topological polar surface area (TPSA) is 73.2 Å². The predicted octanol–water partition coefficient (Wildman–Crippen LogP) is 2.27. The van der Waals surface area contributed by atoms with Gasteiger partial charge in [0.15, 0.2) is 0 Å². The summed E-state index contributed by atoms with van der Waals surface area (Å²) in [5, 5.41) is 7.03. The number of amides is 1. The van der Waals surface area contributed by atoms with Crippen LogP contribution < -0.4 is 15.6 Å². The number of methoxy groups -OCH3 is 1. The number of ether oxygens (including phenoxy) is 1. The fraction of sp³-hybridized carbons (Fsp3) is 0.190. The van der Waals surface area contributed by atoms with Gasteiger partial charge >= 0.3 is 0 Å². The molecule has 1 aromatic heterocycles. The highest BCUT2D eigenvalue weighted by atomic mass is 16.5. The van der Waals surface area contributed by atoms with Crippen LogP contribution in [0.4, 0.5) is 0 Å². The van der Waals surface area contributed by atoms with Crippen LogP contribution >= 0.6 is 0 Å². The molecule has 6 heteroatoms. The van der Waals surface area contributed by atoms with Crippen molar-refractivity contribution in [3.05, 3.63) is 93.9 Å². The minimum Gasteiger partial charge on any atom is -0.497 e. The van der Waals surface area contributed by atoms with Crippen LogP contribution in [-0.4, -0.2) is 29.3 Å². The lowest BCUT2D eigenvalue weighted by Crippen LogP contribution is -2.31. The van der Waals surface area contributed by atoms with Gasteiger partial charge in [0, 0.05) is 12.6 Å². The van der Waals surface area contributed by atoms with Crippen LogP contribution in [0, 0.1) is 0 Å². The van der Waals surface area contributed by atoms with Crippen molar-refractivity contribution in [3.8, 4) is 5.75 Å².